The number of nitrogens with zero attached hydrogens (tertiary/aromatic N) is 2. The number of carboxylic acid groups (broad SMARTS) is 1. The number of urea groups is 1. The molecule has 0 bridgehead atoms. The Morgan fingerprint density at radius 1 is 1.17 bits per heavy atom. The fourth-order valence-corrected chi connectivity index (χ4v) is 4.17. The summed E-state index contributed by atoms with van der Waals surface area (Å²) >= 11 is 0. The van der Waals surface area contributed by atoms with Crippen LogP contribution in [0.1, 0.15) is 58.8 Å². The second kappa shape index (κ2) is 9.25. The van der Waals surface area contributed by atoms with Crippen LogP contribution in [0.4, 0.5) is 4.79 Å². The number of piperidine rings is 1. The number of nitrogens with one attached hydrogen (secondary N) is 1. The fourth-order valence-electron chi connectivity index (χ4n) is 4.17. The average Bonchev–Trinajstić information content (AvgIpc) is 2.59. The molecule has 0 aromatic rings. The minimum Gasteiger partial charge on any atom is -0.480 e. The molecule has 0 aromatic heterocycles. The monoisotopic (exact) mass is 339 g/mol. The third-order valence-corrected chi connectivity index (χ3v) is 5.70. The van der Waals surface area contributed by atoms with E-state index in [1.807, 2.05) is 16.7 Å². The van der Waals surface area contributed by atoms with Crippen molar-refractivity contribution < 1.29 is 14.7 Å². The van der Waals surface area contributed by atoms with Crippen molar-refractivity contribution >= 4 is 12.0 Å². The molecular weight excluding hydrogens is 306 g/mol. The number of rotatable bonds is 6. The van der Waals surface area contributed by atoms with E-state index in [4.69, 9.17) is 5.11 Å². The van der Waals surface area contributed by atoms with Gasteiger partial charge in [-0.05, 0) is 38.1 Å². The van der Waals surface area contributed by atoms with Gasteiger partial charge in [0.1, 0.15) is 0 Å². The lowest BCUT2D eigenvalue weighted by molar-refractivity contribution is -0.139. The summed E-state index contributed by atoms with van der Waals surface area (Å²) in [5, 5.41) is 12.2. The van der Waals surface area contributed by atoms with Crippen molar-refractivity contribution in [1.29, 1.82) is 0 Å². The maximum atomic E-state index is 12.5. The molecule has 0 spiro atoms. The predicted molar refractivity (Wildman–Crippen MR) is 94.0 cm³/mol. The number of likely N-dealkylation sites (tertiary alicyclic amines) is 1. The number of aliphatic carboxylic acids is 1. The lowest BCUT2D eigenvalue weighted by Crippen LogP contribution is -2.52. The topological polar surface area (TPSA) is 72.9 Å². The van der Waals surface area contributed by atoms with Crippen LogP contribution in [-0.4, -0.2) is 65.2 Å². The van der Waals surface area contributed by atoms with Crippen LogP contribution in [0, 0.1) is 5.92 Å². The first-order valence-corrected chi connectivity index (χ1v) is 9.54. The molecule has 6 nitrogen and oxygen atoms in total. The van der Waals surface area contributed by atoms with Crippen LogP contribution in [0.25, 0.3) is 0 Å². The fraction of sp³-hybridized carbons (Fsp3) is 0.889. The van der Waals surface area contributed by atoms with E-state index in [0.29, 0.717) is 6.04 Å². The highest BCUT2D eigenvalue weighted by Crippen LogP contribution is 2.27. The van der Waals surface area contributed by atoms with Gasteiger partial charge in [-0.2, -0.15) is 0 Å². The molecule has 1 aliphatic heterocycles. The molecule has 2 rings (SSSR count). The third kappa shape index (κ3) is 5.36. The molecule has 6 heteroatoms. The minimum atomic E-state index is -0.778. The molecule has 2 amide bonds. The zero-order valence-electron chi connectivity index (χ0n) is 15.2. The van der Waals surface area contributed by atoms with Gasteiger partial charge >= 0.3 is 12.0 Å². The van der Waals surface area contributed by atoms with Crippen LogP contribution < -0.4 is 5.32 Å². The van der Waals surface area contributed by atoms with Crippen LogP contribution in [0.15, 0.2) is 0 Å². The van der Waals surface area contributed by atoms with Gasteiger partial charge in [-0.15, -0.1) is 0 Å². The highest BCUT2D eigenvalue weighted by atomic mass is 16.4. The summed E-state index contributed by atoms with van der Waals surface area (Å²) in [6, 6.07) is 0.666. The number of hydrogen-bond acceptors (Lipinski definition) is 3. The standard InChI is InChI=1S/C18H33N3O3/c1-3-14-6-5-7-15(12-14)19-18(24)21-10-8-16(9-11-21)20(4-2)13-17(22)23/h14-16H,3-13H2,1-2H3,(H,19,24)(H,22,23). The highest BCUT2D eigenvalue weighted by molar-refractivity contribution is 5.74. The number of amides is 2. The minimum absolute atomic E-state index is 0.0662. The van der Waals surface area contributed by atoms with Crippen LogP contribution in [0.2, 0.25) is 0 Å². The van der Waals surface area contributed by atoms with Crippen LogP contribution in [-0.2, 0) is 4.79 Å². The average molecular weight is 339 g/mol. The van der Waals surface area contributed by atoms with Gasteiger partial charge in [-0.1, -0.05) is 33.1 Å². The van der Waals surface area contributed by atoms with Crippen molar-refractivity contribution in [2.45, 2.75) is 70.9 Å². The molecule has 2 fully saturated rings. The molecule has 1 saturated carbocycles. The van der Waals surface area contributed by atoms with E-state index in [0.717, 1.165) is 51.2 Å². The van der Waals surface area contributed by atoms with Crippen molar-refractivity contribution in [1.82, 2.24) is 15.1 Å². The SMILES string of the molecule is CCC1CCCC(NC(=O)N2CCC(N(CC)CC(=O)O)CC2)C1. The third-order valence-electron chi connectivity index (χ3n) is 5.70. The molecule has 1 heterocycles. The van der Waals surface area contributed by atoms with E-state index < -0.39 is 5.97 Å². The molecule has 2 aliphatic rings. The van der Waals surface area contributed by atoms with E-state index >= 15 is 0 Å². The number of carbonyl (C=O) groups excluding carboxylic acids is 1. The number of likely N-dealkylation sites (N-methyl/N-ethyl adjacent to an activating group) is 1. The summed E-state index contributed by atoms with van der Waals surface area (Å²) < 4.78 is 0. The van der Waals surface area contributed by atoms with Gasteiger partial charge in [0.15, 0.2) is 0 Å². The lowest BCUT2D eigenvalue weighted by Gasteiger charge is -2.38. The zero-order chi connectivity index (χ0) is 17.5. The second-order valence-corrected chi connectivity index (χ2v) is 7.26. The van der Waals surface area contributed by atoms with Crippen molar-refractivity contribution in [2.24, 2.45) is 5.92 Å². The summed E-state index contributed by atoms with van der Waals surface area (Å²) in [7, 11) is 0. The van der Waals surface area contributed by atoms with Crippen LogP contribution >= 0.6 is 0 Å². The van der Waals surface area contributed by atoms with E-state index in [1.165, 1.54) is 19.3 Å². The Morgan fingerprint density at radius 3 is 2.46 bits per heavy atom. The number of hydrogen-bond donors (Lipinski definition) is 2. The van der Waals surface area contributed by atoms with Gasteiger partial charge in [0, 0.05) is 25.2 Å². The quantitative estimate of drug-likeness (QED) is 0.780. The van der Waals surface area contributed by atoms with E-state index in [9.17, 15) is 9.59 Å². The van der Waals surface area contributed by atoms with Gasteiger partial charge in [-0.25, -0.2) is 4.79 Å². The Labute approximate surface area is 145 Å². The number of carbonyl (C=O) groups is 2. The first-order valence-electron chi connectivity index (χ1n) is 9.54. The Morgan fingerprint density at radius 2 is 1.88 bits per heavy atom. The largest absolute Gasteiger partial charge is 0.480 e. The molecule has 0 radical (unpaired) electrons. The maximum absolute atomic E-state index is 12.5. The molecule has 2 unspecified atom stereocenters. The summed E-state index contributed by atoms with van der Waals surface area (Å²) in [6.07, 6.45) is 7.64. The molecule has 0 aromatic carbocycles. The Balaban J connectivity index is 1.76. The normalized spacial score (nSPS) is 25.7. The first-order chi connectivity index (χ1) is 11.5. The van der Waals surface area contributed by atoms with E-state index in [2.05, 4.69) is 12.2 Å². The first kappa shape index (κ1) is 19.0. The molecule has 2 N–H and O–H groups in total. The predicted octanol–water partition coefficient (Wildman–Crippen LogP) is 2.54. The van der Waals surface area contributed by atoms with Crippen LogP contribution in [0.5, 0.6) is 0 Å². The van der Waals surface area contributed by atoms with Crippen molar-refractivity contribution in [3.8, 4) is 0 Å². The maximum Gasteiger partial charge on any atom is 0.317 e. The highest BCUT2D eigenvalue weighted by Gasteiger charge is 2.29. The van der Waals surface area contributed by atoms with Gasteiger partial charge in [0.05, 0.1) is 6.54 Å². The number of carboxylic acids is 1. The van der Waals surface area contributed by atoms with Gasteiger partial charge in [0.2, 0.25) is 0 Å². The molecule has 1 aliphatic carbocycles. The van der Waals surface area contributed by atoms with E-state index in [-0.39, 0.29) is 18.6 Å². The molecule has 138 valence electrons. The summed E-state index contributed by atoms with van der Waals surface area (Å²) in [5.74, 6) is -0.0243. The van der Waals surface area contributed by atoms with Gasteiger partial charge < -0.3 is 15.3 Å². The second-order valence-electron chi connectivity index (χ2n) is 7.26. The van der Waals surface area contributed by atoms with Crippen molar-refractivity contribution in [3.63, 3.8) is 0 Å². The Hall–Kier alpha value is -1.30. The smallest absolute Gasteiger partial charge is 0.317 e. The van der Waals surface area contributed by atoms with Gasteiger partial charge in [-0.3, -0.25) is 9.69 Å². The van der Waals surface area contributed by atoms with Gasteiger partial charge in [0.25, 0.3) is 0 Å². The van der Waals surface area contributed by atoms with Crippen molar-refractivity contribution in [3.05, 3.63) is 0 Å². The Bertz CT molecular complexity index is 422. The Kier molecular flexibility index (Phi) is 7.34. The molecule has 1 saturated heterocycles. The summed E-state index contributed by atoms with van der Waals surface area (Å²) in [5.41, 5.74) is 0. The summed E-state index contributed by atoms with van der Waals surface area (Å²) in [4.78, 5) is 27.3. The zero-order valence-corrected chi connectivity index (χ0v) is 15.2. The van der Waals surface area contributed by atoms with Crippen LogP contribution in [0.3, 0.4) is 0 Å². The van der Waals surface area contributed by atoms with E-state index in [1.54, 1.807) is 0 Å². The van der Waals surface area contributed by atoms with Crippen molar-refractivity contribution in [2.75, 3.05) is 26.2 Å². The molecule has 2 atom stereocenters. The molecular formula is C18H33N3O3. The lowest BCUT2D eigenvalue weighted by atomic mass is 9.84. The molecule has 24 heavy (non-hydrogen) atoms. The summed E-state index contributed by atoms with van der Waals surface area (Å²) in [6.45, 7) is 6.50.